The summed E-state index contributed by atoms with van der Waals surface area (Å²) in [6.07, 6.45) is 3.46. The fourth-order valence-electron chi connectivity index (χ4n) is 2.83. The van der Waals surface area contributed by atoms with Gasteiger partial charge in [-0.2, -0.15) is 0 Å². The van der Waals surface area contributed by atoms with E-state index in [0.29, 0.717) is 18.0 Å². The zero-order valence-corrected chi connectivity index (χ0v) is 18.3. The number of thiazole rings is 1. The second-order valence-corrected chi connectivity index (χ2v) is 9.03. The number of nitrogens with one attached hydrogen (secondary N) is 2. The van der Waals surface area contributed by atoms with Crippen LogP contribution in [0.4, 0.5) is 16.5 Å². The summed E-state index contributed by atoms with van der Waals surface area (Å²) in [5.41, 5.74) is 3.14. The third-order valence-electron chi connectivity index (χ3n) is 4.31. The van der Waals surface area contributed by atoms with Crippen molar-refractivity contribution in [3.8, 4) is 17.0 Å². The van der Waals surface area contributed by atoms with Gasteiger partial charge in [0.25, 0.3) is 10.0 Å². The van der Waals surface area contributed by atoms with Crippen molar-refractivity contribution in [1.29, 1.82) is 0 Å². The van der Waals surface area contributed by atoms with E-state index in [0.717, 1.165) is 22.1 Å². The number of pyridine rings is 1. The molecule has 0 aliphatic rings. The SMILES string of the molecule is CCOc1ccc(S(=O)(=O)Nc2ccc(Nc3nc(-c4ccncc4)cs3)cc2)cc1. The highest BCUT2D eigenvalue weighted by molar-refractivity contribution is 7.92. The average Bonchev–Trinajstić information content (AvgIpc) is 3.25. The minimum absolute atomic E-state index is 0.171. The van der Waals surface area contributed by atoms with E-state index in [1.807, 2.05) is 24.4 Å². The summed E-state index contributed by atoms with van der Waals surface area (Å²) in [5, 5.41) is 5.95. The lowest BCUT2D eigenvalue weighted by Gasteiger charge is -2.10. The van der Waals surface area contributed by atoms with E-state index >= 15 is 0 Å². The van der Waals surface area contributed by atoms with Gasteiger partial charge in [0.1, 0.15) is 5.75 Å². The summed E-state index contributed by atoms with van der Waals surface area (Å²) in [6.45, 7) is 2.40. The largest absolute Gasteiger partial charge is 0.494 e. The second kappa shape index (κ2) is 9.15. The van der Waals surface area contributed by atoms with Gasteiger partial charge in [0.15, 0.2) is 5.13 Å². The molecule has 7 nitrogen and oxygen atoms in total. The number of hydrogen-bond donors (Lipinski definition) is 2. The van der Waals surface area contributed by atoms with Crippen LogP contribution in [0.15, 0.2) is 83.3 Å². The monoisotopic (exact) mass is 452 g/mol. The summed E-state index contributed by atoms with van der Waals surface area (Å²) >= 11 is 1.49. The molecule has 2 heterocycles. The second-order valence-electron chi connectivity index (χ2n) is 6.49. The molecule has 0 bridgehead atoms. The molecule has 0 unspecified atom stereocenters. The van der Waals surface area contributed by atoms with Crippen LogP contribution in [0.2, 0.25) is 0 Å². The number of rotatable bonds is 8. The van der Waals surface area contributed by atoms with Crippen LogP contribution < -0.4 is 14.8 Å². The zero-order valence-electron chi connectivity index (χ0n) is 16.6. The Morgan fingerprint density at radius 1 is 0.935 bits per heavy atom. The molecule has 0 fully saturated rings. The van der Waals surface area contributed by atoms with Gasteiger partial charge in [-0.05, 0) is 67.6 Å². The first-order valence-electron chi connectivity index (χ1n) is 9.52. The van der Waals surface area contributed by atoms with Gasteiger partial charge in [-0.25, -0.2) is 13.4 Å². The molecule has 0 saturated carbocycles. The van der Waals surface area contributed by atoms with E-state index in [4.69, 9.17) is 4.74 Å². The van der Waals surface area contributed by atoms with Crippen LogP contribution in [-0.2, 0) is 10.0 Å². The smallest absolute Gasteiger partial charge is 0.261 e. The topological polar surface area (TPSA) is 93.2 Å². The third-order valence-corrected chi connectivity index (χ3v) is 6.47. The van der Waals surface area contributed by atoms with E-state index in [2.05, 4.69) is 20.0 Å². The predicted octanol–water partition coefficient (Wildman–Crippen LogP) is 5.15. The maximum absolute atomic E-state index is 12.6. The first kappa shape index (κ1) is 20.8. The Morgan fingerprint density at radius 3 is 2.29 bits per heavy atom. The van der Waals surface area contributed by atoms with E-state index in [1.54, 1.807) is 48.8 Å². The molecule has 0 atom stereocenters. The zero-order chi connectivity index (χ0) is 21.7. The molecular weight excluding hydrogens is 432 g/mol. The van der Waals surface area contributed by atoms with Crippen molar-refractivity contribution in [1.82, 2.24) is 9.97 Å². The van der Waals surface area contributed by atoms with Crippen molar-refractivity contribution in [2.45, 2.75) is 11.8 Å². The Labute approximate surface area is 184 Å². The fourth-order valence-corrected chi connectivity index (χ4v) is 4.63. The number of benzene rings is 2. The first-order chi connectivity index (χ1) is 15.0. The number of anilines is 3. The molecule has 31 heavy (non-hydrogen) atoms. The first-order valence-corrected chi connectivity index (χ1v) is 11.9. The lowest BCUT2D eigenvalue weighted by atomic mass is 10.2. The van der Waals surface area contributed by atoms with E-state index in [-0.39, 0.29) is 4.90 Å². The number of sulfonamides is 1. The van der Waals surface area contributed by atoms with Crippen LogP contribution >= 0.6 is 11.3 Å². The standard InChI is InChI=1S/C22H20N4O3S2/c1-2-29-19-7-9-20(10-8-19)31(27,28)26-18-5-3-17(4-6-18)24-22-25-21(15-30-22)16-11-13-23-14-12-16/h3-15,26H,2H2,1H3,(H,24,25). The summed E-state index contributed by atoms with van der Waals surface area (Å²) in [7, 11) is -3.69. The summed E-state index contributed by atoms with van der Waals surface area (Å²) in [6, 6.07) is 17.1. The highest BCUT2D eigenvalue weighted by Gasteiger charge is 2.14. The van der Waals surface area contributed by atoms with Crippen molar-refractivity contribution in [3.63, 3.8) is 0 Å². The Morgan fingerprint density at radius 2 is 1.61 bits per heavy atom. The summed E-state index contributed by atoms with van der Waals surface area (Å²) in [4.78, 5) is 8.76. The molecule has 0 saturated heterocycles. The van der Waals surface area contributed by atoms with Gasteiger partial charge in [-0.1, -0.05) is 0 Å². The van der Waals surface area contributed by atoms with Crippen LogP contribution in [0.5, 0.6) is 5.75 Å². The molecule has 2 aromatic heterocycles. The number of nitrogens with zero attached hydrogens (tertiary/aromatic N) is 2. The molecule has 0 aliphatic heterocycles. The Kier molecular flexibility index (Phi) is 6.15. The molecule has 9 heteroatoms. The highest BCUT2D eigenvalue weighted by atomic mass is 32.2. The van der Waals surface area contributed by atoms with Crippen molar-refractivity contribution in [2.24, 2.45) is 0 Å². The Hall–Kier alpha value is -3.43. The minimum Gasteiger partial charge on any atom is -0.494 e. The van der Waals surface area contributed by atoms with Gasteiger partial charge in [-0.3, -0.25) is 9.71 Å². The van der Waals surface area contributed by atoms with Crippen molar-refractivity contribution in [3.05, 3.63) is 78.4 Å². The molecule has 0 amide bonds. The van der Waals surface area contributed by atoms with Gasteiger partial charge in [0.2, 0.25) is 0 Å². The molecule has 4 aromatic rings. The van der Waals surface area contributed by atoms with Gasteiger partial charge >= 0.3 is 0 Å². The number of ether oxygens (including phenoxy) is 1. The van der Waals surface area contributed by atoms with Crippen molar-refractivity contribution >= 4 is 37.9 Å². The molecule has 0 spiro atoms. The maximum atomic E-state index is 12.6. The molecule has 158 valence electrons. The molecule has 0 aliphatic carbocycles. The number of hydrogen-bond acceptors (Lipinski definition) is 7. The van der Waals surface area contributed by atoms with E-state index < -0.39 is 10.0 Å². The Bertz CT molecular complexity index is 1240. The highest BCUT2D eigenvalue weighted by Crippen LogP contribution is 2.27. The van der Waals surface area contributed by atoms with Crippen LogP contribution in [0.1, 0.15) is 6.92 Å². The van der Waals surface area contributed by atoms with Gasteiger partial charge in [0.05, 0.1) is 17.2 Å². The van der Waals surface area contributed by atoms with Gasteiger partial charge < -0.3 is 10.1 Å². The normalized spacial score (nSPS) is 11.1. The number of aromatic nitrogens is 2. The van der Waals surface area contributed by atoms with Crippen molar-refractivity contribution < 1.29 is 13.2 Å². The van der Waals surface area contributed by atoms with Crippen LogP contribution in [0.3, 0.4) is 0 Å². The minimum atomic E-state index is -3.69. The van der Waals surface area contributed by atoms with Crippen LogP contribution in [0, 0.1) is 0 Å². The van der Waals surface area contributed by atoms with E-state index in [9.17, 15) is 8.42 Å². The maximum Gasteiger partial charge on any atom is 0.261 e. The fraction of sp³-hybridized carbons (Fsp3) is 0.0909. The average molecular weight is 453 g/mol. The lowest BCUT2D eigenvalue weighted by Crippen LogP contribution is -2.12. The third kappa shape index (κ3) is 5.19. The quantitative estimate of drug-likeness (QED) is 0.384. The molecule has 0 radical (unpaired) electrons. The van der Waals surface area contributed by atoms with E-state index in [1.165, 1.54) is 23.5 Å². The molecule has 2 N–H and O–H groups in total. The Balaban J connectivity index is 1.42. The van der Waals surface area contributed by atoms with Crippen LogP contribution in [-0.4, -0.2) is 25.0 Å². The van der Waals surface area contributed by atoms with Crippen LogP contribution in [0.25, 0.3) is 11.3 Å². The van der Waals surface area contributed by atoms with Crippen molar-refractivity contribution in [2.75, 3.05) is 16.6 Å². The summed E-state index contributed by atoms with van der Waals surface area (Å²) in [5.74, 6) is 0.631. The van der Waals surface area contributed by atoms with Gasteiger partial charge in [0, 0.05) is 34.7 Å². The molecule has 2 aromatic carbocycles. The summed E-state index contributed by atoms with van der Waals surface area (Å²) < 4.78 is 33.1. The van der Waals surface area contributed by atoms with Gasteiger partial charge in [-0.15, -0.1) is 11.3 Å². The molecule has 4 rings (SSSR count). The predicted molar refractivity (Wildman–Crippen MR) is 123 cm³/mol. The molecular formula is C22H20N4O3S2. The lowest BCUT2D eigenvalue weighted by molar-refractivity contribution is 0.340.